The van der Waals surface area contributed by atoms with Crippen LogP contribution in [0.5, 0.6) is 5.75 Å². The highest BCUT2D eigenvalue weighted by atomic mass is 16.6. The van der Waals surface area contributed by atoms with Crippen LogP contribution in [0, 0.1) is 16.0 Å². The molecule has 112 valence electrons. The first-order chi connectivity index (χ1) is 9.31. The molecule has 0 heterocycles. The quantitative estimate of drug-likeness (QED) is 0.574. The van der Waals surface area contributed by atoms with Crippen LogP contribution in [0.1, 0.15) is 52.0 Å². The zero-order chi connectivity index (χ0) is 15.2. The van der Waals surface area contributed by atoms with Gasteiger partial charge in [0.05, 0.1) is 0 Å². The third kappa shape index (κ3) is 5.59. The Bertz CT molecular complexity index is 426. The van der Waals surface area contributed by atoms with Crippen molar-refractivity contribution in [3.63, 3.8) is 0 Å². The van der Waals surface area contributed by atoms with E-state index in [1.807, 2.05) is 12.1 Å². The Morgan fingerprint density at radius 1 is 1.25 bits per heavy atom. The number of nitro groups is 1. The Morgan fingerprint density at radius 3 is 2.40 bits per heavy atom. The fourth-order valence-electron chi connectivity index (χ4n) is 2.42. The minimum Gasteiger partial charge on any atom is -0.508 e. The predicted molar refractivity (Wildman–Crippen MR) is 80.6 cm³/mol. The molecule has 0 aromatic heterocycles. The van der Waals surface area contributed by atoms with Gasteiger partial charge >= 0.3 is 0 Å². The molecule has 1 aromatic rings. The molecule has 4 heteroatoms. The standard InChI is InChI=1S/C16H25NO3/c1-13(10-12-17(19)20)5-4-11-16(2,3)14-6-8-15(18)9-7-14/h6-9,13,18H,4-5,10-12H2,1-3H3. The van der Waals surface area contributed by atoms with Crippen molar-refractivity contribution in [2.24, 2.45) is 5.92 Å². The van der Waals surface area contributed by atoms with E-state index in [1.165, 1.54) is 5.56 Å². The van der Waals surface area contributed by atoms with Crippen molar-refractivity contribution in [3.8, 4) is 5.75 Å². The van der Waals surface area contributed by atoms with Crippen LogP contribution in [-0.2, 0) is 5.41 Å². The summed E-state index contributed by atoms with van der Waals surface area (Å²) in [6.45, 7) is 6.54. The van der Waals surface area contributed by atoms with Gasteiger partial charge in [0, 0.05) is 11.3 Å². The third-order valence-corrected chi connectivity index (χ3v) is 3.95. The lowest BCUT2D eigenvalue weighted by molar-refractivity contribution is -0.481. The number of hydrogen-bond donors (Lipinski definition) is 1. The zero-order valence-electron chi connectivity index (χ0n) is 12.6. The van der Waals surface area contributed by atoms with Gasteiger partial charge in [-0.1, -0.05) is 45.7 Å². The largest absolute Gasteiger partial charge is 0.508 e. The van der Waals surface area contributed by atoms with Gasteiger partial charge in [-0.2, -0.15) is 0 Å². The molecule has 4 nitrogen and oxygen atoms in total. The van der Waals surface area contributed by atoms with Crippen LogP contribution in [0.25, 0.3) is 0 Å². The molecule has 0 aliphatic rings. The van der Waals surface area contributed by atoms with Crippen LogP contribution in [-0.4, -0.2) is 16.6 Å². The maximum absolute atomic E-state index is 10.3. The number of phenols is 1. The number of benzene rings is 1. The van der Waals surface area contributed by atoms with Gasteiger partial charge in [-0.25, -0.2) is 0 Å². The van der Waals surface area contributed by atoms with E-state index < -0.39 is 0 Å². The monoisotopic (exact) mass is 279 g/mol. The van der Waals surface area contributed by atoms with Gasteiger partial charge in [0.25, 0.3) is 0 Å². The Kier molecular flexibility index (Phi) is 5.99. The average Bonchev–Trinajstić information content (AvgIpc) is 2.36. The zero-order valence-corrected chi connectivity index (χ0v) is 12.6. The van der Waals surface area contributed by atoms with E-state index in [1.54, 1.807) is 12.1 Å². The summed E-state index contributed by atoms with van der Waals surface area (Å²) in [5, 5.41) is 19.7. The van der Waals surface area contributed by atoms with Gasteiger partial charge in [0.2, 0.25) is 6.54 Å². The van der Waals surface area contributed by atoms with Crippen LogP contribution in [0.2, 0.25) is 0 Å². The highest BCUT2D eigenvalue weighted by Gasteiger charge is 2.20. The third-order valence-electron chi connectivity index (χ3n) is 3.95. The molecule has 0 spiro atoms. The summed E-state index contributed by atoms with van der Waals surface area (Å²) in [5.74, 6) is 0.689. The van der Waals surface area contributed by atoms with Crippen molar-refractivity contribution < 1.29 is 10.0 Å². The van der Waals surface area contributed by atoms with E-state index in [9.17, 15) is 15.2 Å². The molecule has 1 N–H and O–H groups in total. The summed E-state index contributed by atoms with van der Waals surface area (Å²) in [6.07, 6.45) is 3.79. The van der Waals surface area contributed by atoms with Crippen molar-refractivity contribution in [1.29, 1.82) is 0 Å². The number of aromatic hydroxyl groups is 1. The minimum atomic E-state index is -0.239. The number of phenolic OH excluding ortho intramolecular Hbond substituents is 1. The van der Waals surface area contributed by atoms with Crippen molar-refractivity contribution in [2.75, 3.05) is 6.54 Å². The predicted octanol–water partition coefficient (Wildman–Crippen LogP) is 4.14. The van der Waals surface area contributed by atoms with Crippen molar-refractivity contribution in [1.82, 2.24) is 0 Å². The van der Waals surface area contributed by atoms with Crippen molar-refractivity contribution >= 4 is 0 Å². The molecule has 0 aliphatic carbocycles. The summed E-state index contributed by atoms with van der Waals surface area (Å²) in [6, 6.07) is 7.37. The Hall–Kier alpha value is -1.58. The van der Waals surface area contributed by atoms with Gasteiger partial charge in [-0.15, -0.1) is 0 Å². The summed E-state index contributed by atoms with van der Waals surface area (Å²) in [4.78, 5) is 10.1. The van der Waals surface area contributed by atoms with Crippen molar-refractivity contribution in [2.45, 2.75) is 51.9 Å². The van der Waals surface area contributed by atoms with E-state index >= 15 is 0 Å². The maximum atomic E-state index is 10.3. The average molecular weight is 279 g/mol. The molecular weight excluding hydrogens is 254 g/mol. The van der Waals surface area contributed by atoms with E-state index in [4.69, 9.17) is 0 Å². The highest BCUT2D eigenvalue weighted by Crippen LogP contribution is 2.30. The van der Waals surface area contributed by atoms with Crippen LogP contribution >= 0.6 is 0 Å². The first-order valence-corrected chi connectivity index (χ1v) is 7.22. The fraction of sp³-hybridized carbons (Fsp3) is 0.625. The molecule has 0 amide bonds. The van der Waals surface area contributed by atoms with Crippen molar-refractivity contribution in [3.05, 3.63) is 39.9 Å². The summed E-state index contributed by atoms with van der Waals surface area (Å²) in [5.41, 5.74) is 1.28. The number of hydrogen-bond acceptors (Lipinski definition) is 3. The molecule has 1 aromatic carbocycles. The molecule has 20 heavy (non-hydrogen) atoms. The van der Waals surface area contributed by atoms with Gasteiger partial charge in [0.1, 0.15) is 5.75 Å². The molecular formula is C16H25NO3. The highest BCUT2D eigenvalue weighted by molar-refractivity contribution is 5.30. The summed E-state index contributed by atoms with van der Waals surface area (Å²) < 4.78 is 0. The molecule has 0 saturated carbocycles. The molecule has 1 unspecified atom stereocenters. The molecule has 0 radical (unpaired) electrons. The molecule has 0 bridgehead atoms. The number of nitrogens with zero attached hydrogens (tertiary/aromatic N) is 1. The van der Waals surface area contributed by atoms with E-state index in [0.29, 0.717) is 12.3 Å². The van der Waals surface area contributed by atoms with E-state index in [0.717, 1.165) is 19.3 Å². The first-order valence-electron chi connectivity index (χ1n) is 7.22. The van der Waals surface area contributed by atoms with Gasteiger partial charge < -0.3 is 5.11 Å². The van der Waals surface area contributed by atoms with Crippen LogP contribution in [0.15, 0.2) is 24.3 Å². The van der Waals surface area contributed by atoms with E-state index in [-0.39, 0.29) is 22.6 Å². The molecule has 0 saturated heterocycles. The lowest BCUT2D eigenvalue weighted by atomic mass is 9.79. The molecule has 0 aliphatic heterocycles. The summed E-state index contributed by atoms with van der Waals surface area (Å²) >= 11 is 0. The van der Waals surface area contributed by atoms with Crippen LogP contribution < -0.4 is 0 Å². The smallest absolute Gasteiger partial charge is 0.204 e. The maximum Gasteiger partial charge on any atom is 0.204 e. The second kappa shape index (κ2) is 7.27. The summed E-state index contributed by atoms with van der Waals surface area (Å²) in [7, 11) is 0. The van der Waals surface area contributed by atoms with Gasteiger partial charge in [-0.05, 0) is 35.4 Å². The van der Waals surface area contributed by atoms with E-state index in [2.05, 4.69) is 20.8 Å². The Balaban J connectivity index is 2.39. The molecule has 0 fully saturated rings. The second-order valence-electron chi connectivity index (χ2n) is 6.27. The molecule has 1 rings (SSSR count). The Labute approximate surface area is 121 Å². The van der Waals surface area contributed by atoms with Crippen LogP contribution in [0.3, 0.4) is 0 Å². The van der Waals surface area contributed by atoms with Gasteiger partial charge in [0.15, 0.2) is 0 Å². The van der Waals surface area contributed by atoms with Crippen LogP contribution in [0.4, 0.5) is 0 Å². The fourth-order valence-corrected chi connectivity index (χ4v) is 2.42. The second-order valence-corrected chi connectivity index (χ2v) is 6.27. The van der Waals surface area contributed by atoms with Gasteiger partial charge in [-0.3, -0.25) is 10.1 Å². The minimum absolute atomic E-state index is 0.0660. The Morgan fingerprint density at radius 2 is 1.85 bits per heavy atom. The molecule has 1 atom stereocenters. The normalized spacial score (nSPS) is 13.2. The lowest BCUT2D eigenvalue weighted by Gasteiger charge is -2.26. The topological polar surface area (TPSA) is 63.4 Å². The lowest BCUT2D eigenvalue weighted by Crippen LogP contribution is -2.17. The first kappa shape index (κ1) is 16.5. The number of rotatable bonds is 8. The SMILES string of the molecule is CC(CCCC(C)(C)c1ccc(O)cc1)CC[N+](=O)[O-].